The number of anilines is 1. The van der Waals surface area contributed by atoms with Crippen LogP contribution in [0.4, 0.5) is 5.13 Å². The molecule has 0 aliphatic heterocycles. The molecule has 12 heteroatoms. The molecule has 1 N–H and O–H groups in total. The van der Waals surface area contributed by atoms with Crippen LogP contribution in [-0.2, 0) is 25.4 Å². The van der Waals surface area contributed by atoms with Gasteiger partial charge in [0.1, 0.15) is 12.3 Å². The molecule has 0 radical (unpaired) electrons. The van der Waals surface area contributed by atoms with Gasteiger partial charge in [-0.2, -0.15) is 5.10 Å². The number of nitrogens with zero attached hydrogens (tertiary/aromatic N) is 5. The number of hydrogen-bond acceptors (Lipinski definition) is 7. The quantitative estimate of drug-likeness (QED) is 0.421. The second-order valence-electron chi connectivity index (χ2n) is 9.32. The number of amides is 1. The molecule has 1 amide bonds. The number of hydrogen-bond donors (Lipinski definition) is 1. The number of aryl methyl sites for hydroxylation is 1. The third-order valence-electron chi connectivity index (χ3n) is 5.19. The van der Waals surface area contributed by atoms with Gasteiger partial charge in [-0.3, -0.25) is 18.7 Å². The van der Waals surface area contributed by atoms with E-state index < -0.39 is 17.2 Å². The summed E-state index contributed by atoms with van der Waals surface area (Å²) in [5, 5.41) is 9.54. The van der Waals surface area contributed by atoms with Gasteiger partial charge in [0.05, 0.1) is 29.0 Å². The maximum absolute atomic E-state index is 12.6. The summed E-state index contributed by atoms with van der Waals surface area (Å²) in [5.74, 6) is 0.194. The van der Waals surface area contributed by atoms with E-state index in [0.29, 0.717) is 33.7 Å². The van der Waals surface area contributed by atoms with Crippen molar-refractivity contribution in [1.82, 2.24) is 23.9 Å². The van der Waals surface area contributed by atoms with E-state index in [-0.39, 0.29) is 17.5 Å². The lowest BCUT2D eigenvalue weighted by Crippen LogP contribution is -2.37. The van der Waals surface area contributed by atoms with Crippen molar-refractivity contribution in [3.05, 3.63) is 55.6 Å². The molecule has 1 aromatic carbocycles. The molecule has 0 aliphatic rings. The average Bonchev–Trinajstić information content (AvgIpc) is 3.42. The van der Waals surface area contributed by atoms with Gasteiger partial charge in [-0.25, -0.2) is 14.5 Å². The SMILES string of the molecule is Cn1c(=O)c2c(cnn2CC(=O)Nc2nc(-c3ccc(OCC(C)(C)C)c(Cl)c3)cs2)n(C)c1=O. The van der Waals surface area contributed by atoms with Crippen LogP contribution in [0.3, 0.4) is 0 Å². The maximum Gasteiger partial charge on any atom is 0.331 e. The van der Waals surface area contributed by atoms with E-state index in [2.05, 4.69) is 36.2 Å². The fraction of sp³-hybridized carbons (Fsp3) is 0.348. The van der Waals surface area contributed by atoms with Crippen molar-refractivity contribution < 1.29 is 9.53 Å². The molecule has 0 fully saturated rings. The molecule has 0 saturated carbocycles. The molecule has 184 valence electrons. The monoisotopic (exact) mass is 516 g/mol. The standard InChI is InChI=1S/C23H25ClN6O4S/c1-23(2,3)12-34-17-7-6-13(8-14(17)24)15-11-35-21(26-15)27-18(31)10-30-19-16(9-25-30)28(4)22(33)29(5)20(19)32/h6-9,11H,10,12H2,1-5H3,(H,26,27,31). The molecule has 0 unspecified atom stereocenters. The van der Waals surface area contributed by atoms with Gasteiger partial charge in [0.2, 0.25) is 5.91 Å². The molecule has 0 atom stereocenters. The summed E-state index contributed by atoms with van der Waals surface area (Å²) in [4.78, 5) is 41.8. The first-order chi connectivity index (χ1) is 16.4. The summed E-state index contributed by atoms with van der Waals surface area (Å²) in [6, 6.07) is 5.44. The highest BCUT2D eigenvalue weighted by Gasteiger charge is 2.17. The number of nitrogens with one attached hydrogen (secondary N) is 1. The van der Waals surface area contributed by atoms with Crippen LogP contribution in [0.2, 0.25) is 5.02 Å². The van der Waals surface area contributed by atoms with E-state index in [1.165, 1.54) is 33.8 Å². The third kappa shape index (κ3) is 5.15. The zero-order valence-electron chi connectivity index (χ0n) is 20.0. The van der Waals surface area contributed by atoms with Gasteiger partial charge < -0.3 is 10.1 Å². The van der Waals surface area contributed by atoms with Crippen molar-refractivity contribution in [3.8, 4) is 17.0 Å². The number of halogens is 1. The van der Waals surface area contributed by atoms with E-state index in [1.54, 1.807) is 19.2 Å². The number of aromatic nitrogens is 5. The van der Waals surface area contributed by atoms with Crippen LogP contribution in [0, 0.1) is 5.41 Å². The second kappa shape index (κ2) is 9.31. The molecular weight excluding hydrogens is 492 g/mol. The molecule has 4 rings (SSSR count). The van der Waals surface area contributed by atoms with Gasteiger partial charge in [-0.1, -0.05) is 32.4 Å². The Balaban J connectivity index is 1.48. The van der Waals surface area contributed by atoms with E-state index in [0.717, 1.165) is 10.1 Å². The Bertz CT molecular complexity index is 1540. The first-order valence-electron chi connectivity index (χ1n) is 10.7. The molecular formula is C23H25ClN6O4S. The summed E-state index contributed by atoms with van der Waals surface area (Å²) in [7, 11) is 2.93. The van der Waals surface area contributed by atoms with Gasteiger partial charge in [0, 0.05) is 25.0 Å². The molecule has 3 aromatic heterocycles. The lowest BCUT2D eigenvalue weighted by Gasteiger charge is -2.19. The zero-order chi connectivity index (χ0) is 25.5. The van der Waals surface area contributed by atoms with Crippen molar-refractivity contribution in [2.24, 2.45) is 19.5 Å². The van der Waals surface area contributed by atoms with E-state index in [9.17, 15) is 14.4 Å². The summed E-state index contributed by atoms with van der Waals surface area (Å²) >= 11 is 7.66. The molecule has 0 bridgehead atoms. The fourth-order valence-corrected chi connectivity index (χ4v) is 4.34. The van der Waals surface area contributed by atoms with Crippen LogP contribution in [0.1, 0.15) is 20.8 Å². The highest BCUT2D eigenvalue weighted by Crippen LogP contribution is 2.32. The van der Waals surface area contributed by atoms with Crippen LogP contribution >= 0.6 is 22.9 Å². The molecule has 35 heavy (non-hydrogen) atoms. The Labute approximate surface area is 209 Å². The number of ether oxygens (including phenoxy) is 1. The van der Waals surface area contributed by atoms with Crippen molar-refractivity contribution in [3.63, 3.8) is 0 Å². The molecule has 10 nitrogen and oxygen atoms in total. The van der Waals surface area contributed by atoms with E-state index in [1.807, 2.05) is 11.4 Å². The topological polar surface area (TPSA) is 113 Å². The predicted octanol–water partition coefficient (Wildman–Crippen LogP) is 3.27. The lowest BCUT2D eigenvalue weighted by atomic mass is 9.99. The van der Waals surface area contributed by atoms with Crippen LogP contribution in [0.15, 0.2) is 39.4 Å². The molecule has 0 aliphatic carbocycles. The Morgan fingerprint density at radius 2 is 1.94 bits per heavy atom. The first-order valence-corrected chi connectivity index (χ1v) is 12.0. The third-order valence-corrected chi connectivity index (χ3v) is 6.25. The summed E-state index contributed by atoms with van der Waals surface area (Å²) in [6.45, 7) is 6.57. The van der Waals surface area contributed by atoms with Crippen molar-refractivity contribution >= 4 is 45.0 Å². The zero-order valence-corrected chi connectivity index (χ0v) is 21.5. The number of carbonyl (C=O) groups is 1. The summed E-state index contributed by atoms with van der Waals surface area (Å²) in [5.41, 5.74) is 1.01. The minimum absolute atomic E-state index is 0.00997. The number of fused-ring (bicyclic) bond motifs is 1. The Kier molecular flexibility index (Phi) is 6.56. The molecule has 4 aromatic rings. The van der Waals surface area contributed by atoms with Crippen LogP contribution in [0.25, 0.3) is 22.3 Å². The molecule has 3 heterocycles. The minimum atomic E-state index is -0.517. The largest absolute Gasteiger partial charge is 0.491 e. The van der Waals surface area contributed by atoms with Crippen LogP contribution in [-0.4, -0.2) is 36.4 Å². The normalized spacial score (nSPS) is 11.7. The minimum Gasteiger partial charge on any atom is -0.491 e. The van der Waals surface area contributed by atoms with Crippen LogP contribution < -0.4 is 21.3 Å². The fourth-order valence-electron chi connectivity index (χ4n) is 3.36. The summed E-state index contributed by atoms with van der Waals surface area (Å²) in [6.07, 6.45) is 1.39. The second-order valence-corrected chi connectivity index (χ2v) is 10.6. The smallest absolute Gasteiger partial charge is 0.331 e. The lowest BCUT2D eigenvalue weighted by molar-refractivity contribution is -0.116. The number of rotatable bonds is 6. The van der Waals surface area contributed by atoms with Crippen molar-refractivity contribution in [2.75, 3.05) is 11.9 Å². The van der Waals surface area contributed by atoms with E-state index >= 15 is 0 Å². The number of carbonyl (C=O) groups excluding carboxylic acids is 1. The van der Waals surface area contributed by atoms with Crippen molar-refractivity contribution in [1.29, 1.82) is 0 Å². The van der Waals surface area contributed by atoms with Crippen molar-refractivity contribution in [2.45, 2.75) is 27.3 Å². The Morgan fingerprint density at radius 3 is 2.63 bits per heavy atom. The predicted molar refractivity (Wildman–Crippen MR) is 136 cm³/mol. The highest BCUT2D eigenvalue weighted by atomic mass is 35.5. The summed E-state index contributed by atoms with van der Waals surface area (Å²) < 4.78 is 9.37. The maximum atomic E-state index is 12.6. The van der Waals surface area contributed by atoms with Gasteiger partial charge >= 0.3 is 5.69 Å². The first kappa shape index (κ1) is 24.7. The average molecular weight is 517 g/mol. The highest BCUT2D eigenvalue weighted by molar-refractivity contribution is 7.14. The Morgan fingerprint density at radius 1 is 1.20 bits per heavy atom. The molecule has 0 spiro atoms. The van der Waals surface area contributed by atoms with Gasteiger partial charge in [-0.05, 0) is 23.6 Å². The van der Waals surface area contributed by atoms with E-state index in [4.69, 9.17) is 16.3 Å². The van der Waals surface area contributed by atoms with Gasteiger partial charge in [-0.15, -0.1) is 11.3 Å². The number of benzene rings is 1. The Hall–Kier alpha value is -3.44. The number of thiazole rings is 1. The van der Waals surface area contributed by atoms with Crippen LogP contribution in [0.5, 0.6) is 5.75 Å². The van der Waals surface area contributed by atoms with Gasteiger partial charge in [0.15, 0.2) is 10.6 Å². The molecule has 0 saturated heterocycles. The van der Waals surface area contributed by atoms with Gasteiger partial charge in [0.25, 0.3) is 5.56 Å².